The smallest absolute Gasteiger partial charge is 0.251 e. The van der Waals surface area contributed by atoms with Gasteiger partial charge in [0, 0.05) is 36.2 Å². The van der Waals surface area contributed by atoms with E-state index in [0.717, 1.165) is 0 Å². The first-order valence-corrected chi connectivity index (χ1v) is 8.82. The summed E-state index contributed by atoms with van der Waals surface area (Å²) in [4.78, 5) is 25.8. The van der Waals surface area contributed by atoms with Crippen LogP contribution in [0.2, 0.25) is 5.02 Å². The first-order chi connectivity index (χ1) is 12.4. The SMILES string of the molecule is C[C@H](c1ccccc1F)N(C)C(=O)CCCNC(=O)c1ccc(Cl)cc1. The largest absolute Gasteiger partial charge is 0.352 e. The van der Waals surface area contributed by atoms with Crippen LogP contribution in [0.25, 0.3) is 0 Å². The molecule has 0 aliphatic heterocycles. The number of carbonyl (C=O) groups is 2. The van der Waals surface area contributed by atoms with Gasteiger partial charge in [0.25, 0.3) is 5.91 Å². The van der Waals surface area contributed by atoms with Crippen LogP contribution in [0.15, 0.2) is 48.5 Å². The molecule has 0 radical (unpaired) electrons. The molecule has 0 aromatic heterocycles. The molecule has 2 amide bonds. The molecule has 0 aliphatic rings. The minimum atomic E-state index is -0.354. The second-order valence-corrected chi connectivity index (χ2v) is 6.50. The summed E-state index contributed by atoms with van der Waals surface area (Å²) in [6.07, 6.45) is 0.780. The zero-order valence-corrected chi connectivity index (χ0v) is 15.6. The van der Waals surface area contributed by atoms with E-state index in [9.17, 15) is 14.0 Å². The van der Waals surface area contributed by atoms with E-state index in [4.69, 9.17) is 11.6 Å². The Hall–Kier alpha value is -2.40. The van der Waals surface area contributed by atoms with Gasteiger partial charge in [0.15, 0.2) is 0 Å². The Morgan fingerprint density at radius 2 is 1.81 bits per heavy atom. The van der Waals surface area contributed by atoms with E-state index >= 15 is 0 Å². The number of rotatable bonds is 7. The molecular formula is C20H22ClFN2O2. The quantitative estimate of drug-likeness (QED) is 0.736. The Morgan fingerprint density at radius 1 is 1.15 bits per heavy atom. The maximum Gasteiger partial charge on any atom is 0.251 e. The molecule has 0 spiro atoms. The topological polar surface area (TPSA) is 49.4 Å². The Morgan fingerprint density at radius 3 is 2.46 bits per heavy atom. The summed E-state index contributed by atoms with van der Waals surface area (Å²) in [6, 6.07) is 12.7. The lowest BCUT2D eigenvalue weighted by molar-refractivity contribution is -0.131. The third-order valence-corrected chi connectivity index (χ3v) is 4.54. The molecule has 2 rings (SSSR count). The number of hydrogen-bond acceptors (Lipinski definition) is 2. The summed E-state index contributed by atoms with van der Waals surface area (Å²) in [7, 11) is 1.66. The highest BCUT2D eigenvalue weighted by molar-refractivity contribution is 6.30. The lowest BCUT2D eigenvalue weighted by Crippen LogP contribution is -2.31. The van der Waals surface area contributed by atoms with Crippen molar-refractivity contribution >= 4 is 23.4 Å². The normalized spacial score (nSPS) is 11.7. The van der Waals surface area contributed by atoms with Gasteiger partial charge in [0.2, 0.25) is 5.91 Å². The molecule has 6 heteroatoms. The van der Waals surface area contributed by atoms with Crippen molar-refractivity contribution < 1.29 is 14.0 Å². The standard InChI is InChI=1S/C20H22ClFN2O2/c1-14(17-6-3-4-7-18(17)22)24(2)19(25)8-5-13-23-20(26)15-9-11-16(21)12-10-15/h3-4,6-7,9-12,14H,5,8,13H2,1-2H3,(H,23,26)/t14-/m1/s1. The molecule has 0 fully saturated rings. The van der Waals surface area contributed by atoms with E-state index in [0.29, 0.717) is 29.1 Å². The molecular weight excluding hydrogens is 355 g/mol. The van der Waals surface area contributed by atoms with E-state index < -0.39 is 0 Å². The number of benzene rings is 2. The summed E-state index contributed by atoms with van der Waals surface area (Å²) in [5.41, 5.74) is 1.01. The number of halogens is 2. The van der Waals surface area contributed by atoms with Crippen LogP contribution in [-0.4, -0.2) is 30.3 Å². The molecule has 0 bridgehead atoms. The van der Waals surface area contributed by atoms with Crippen LogP contribution < -0.4 is 5.32 Å². The number of hydrogen-bond donors (Lipinski definition) is 1. The van der Waals surface area contributed by atoms with Gasteiger partial charge in [0.1, 0.15) is 5.82 Å². The highest BCUT2D eigenvalue weighted by Gasteiger charge is 2.19. The fourth-order valence-electron chi connectivity index (χ4n) is 2.56. The molecule has 2 aromatic carbocycles. The van der Waals surface area contributed by atoms with Crippen molar-refractivity contribution in [3.05, 3.63) is 70.5 Å². The minimum absolute atomic E-state index is 0.0958. The van der Waals surface area contributed by atoms with Gasteiger partial charge < -0.3 is 10.2 Å². The molecule has 0 aliphatic carbocycles. The highest BCUT2D eigenvalue weighted by Crippen LogP contribution is 2.22. The summed E-state index contributed by atoms with van der Waals surface area (Å²) in [5.74, 6) is -0.626. The molecule has 0 heterocycles. The van der Waals surface area contributed by atoms with Crippen LogP contribution in [0, 0.1) is 5.82 Å². The van der Waals surface area contributed by atoms with Gasteiger partial charge in [-0.3, -0.25) is 9.59 Å². The van der Waals surface area contributed by atoms with E-state index in [1.165, 1.54) is 11.0 Å². The van der Waals surface area contributed by atoms with Crippen molar-refractivity contribution in [2.75, 3.05) is 13.6 Å². The van der Waals surface area contributed by atoms with Gasteiger partial charge in [-0.15, -0.1) is 0 Å². The van der Waals surface area contributed by atoms with Gasteiger partial charge in [0.05, 0.1) is 6.04 Å². The van der Waals surface area contributed by atoms with E-state index in [-0.39, 0.29) is 30.1 Å². The Bertz CT molecular complexity index is 765. The number of carbonyl (C=O) groups excluding carboxylic acids is 2. The van der Waals surface area contributed by atoms with Crippen molar-refractivity contribution in [3.8, 4) is 0 Å². The monoisotopic (exact) mass is 376 g/mol. The second-order valence-electron chi connectivity index (χ2n) is 6.07. The van der Waals surface area contributed by atoms with E-state index in [1.807, 2.05) is 0 Å². The average molecular weight is 377 g/mol. The first kappa shape index (κ1) is 19.9. The summed E-state index contributed by atoms with van der Waals surface area (Å²) in [6.45, 7) is 2.17. The third kappa shape index (κ3) is 5.30. The minimum Gasteiger partial charge on any atom is -0.352 e. The third-order valence-electron chi connectivity index (χ3n) is 4.29. The molecule has 1 N–H and O–H groups in total. The molecule has 1 atom stereocenters. The average Bonchev–Trinajstić information content (AvgIpc) is 2.64. The first-order valence-electron chi connectivity index (χ1n) is 8.44. The maximum atomic E-state index is 13.9. The Balaban J connectivity index is 1.78. The van der Waals surface area contributed by atoms with Crippen LogP contribution in [0.3, 0.4) is 0 Å². The molecule has 0 saturated carbocycles. The van der Waals surface area contributed by atoms with Crippen molar-refractivity contribution in [1.82, 2.24) is 10.2 Å². The Kier molecular flexibility index (Phi) is 7.16. The lowest BCUT2D eigenvalue weighted by atomic mass is 10.1. The number of amides is 2. The lowest BCUT2D eigenvalue weighted by Gasteiger charge is -2.25. The van der Waals surface area contributed by atoms with Crippen LogP contribution in [0.1, 0.15) is 41.7 Å². The fourth-order valence-corrected chi connectivity index (χ4v) is 2.69. The van der Waals surface area contributed by atoms with Gasteiger partial charge in [-0.05, 0) is 43.7 Å². The highest BCUT2D eigenvalue weighted by atomic mass is 35.5. The molecule has 0 saturated heterocycles. The molecule has 138 valence electrons. The van der Waals surface area contributed by atoms with Crippen LogP contribution >= 0.6 is 11.6 Å². The van der Waals surface area contributed by atoms with Crippen molar-refractivity contribution in [2.24, 2.45) is 0 Å². The predicted octanol–water partition coefficient (Wildman–Crippen LogP) is 4.21. The fraction of sp³-hybridized carbons (Fsp3) is 0.300. The number of nitrogens with one attached hydrogen (secondary N) is 1. The Labute approximate surface area is 158 Å². The van der Waals surface area contributed by atoms with Crippen molar-refractivity contribution in [1.29, 1.82) is 0 Å². The van der Waals surface area contributed by atoms with Crippen molar-refractivity contribution in [2.45, 2.75) is 25.8 Å². The summed E-state index contributed by atoms with van der Waals surface area (Å²) in [5, 5.41) is 3.34. The summed E-state index contributed by atoms with van der Waals surface area (Å²) >= 11 is 5.79. The van der Waals surface area contributed by atoms with Gasteiger partial charge in [-0.1, -0.05) is 29.8 Å². The van der Waals surface area contributed by atoms with Crippen LogP contribution in [-0.2, 0) is 4.79 Å². The zero-order valence-electron chi connectivity index (χ0n) is 14.8. The maximum absolute atomic E-state index is 13.9. The van der Waals surface area contributed by atoms with E-state index in [1.54, 1.807) is 56.4 Å². The number of nitrogens with zero attached hydrogens (tertiary/aromatic N) is 1. The second kappa shape index (κ2) is 9.34. The van der Waals surface area contributed by atoms with Crippen molar-refractivity contribution in [3.63, 3.8) is 0 Å². The summed E-state index contributed by atoms with van der Waals surface area (Å²) < 4.78 is 13.9. The molecule has 2 aromatic rings. The zero-order chi connectivity index (χ0) is 19.1. The van der Waals surface area contributed by atoms with Gasteiger partial charge >= 0.3 is 0 Å². The molecule has 0 unspecified atom stereocenters. The predicted molar refractivity (Wildman–Crippen MR) is 101 cm³/mol. The molecule has 26 heavy (non-hydrogen) atoms. The van der Waals surface area contributed by atoms with Gasteiger partial charge in [-0.25, -0.2) is 4.39 Å². The van der Waals surface area contributed by atoms with Crippen LogP contribution in [0.5, 0.6) is 0 Å². The molecule has 4 nitrogen and oxygen atoms in total. The van der Waals surface area contributed by atoms with Crippen LogP contribution in [0.4, 0.5) is 4.39 Å². The van der Waals surface area contributed by atoms with Gasteiger partial charge in [-0.2, -0.15) is 0 Å². The van der Waals surface area contributed by atoms with E-state index in [2.05, 4.69) is 5.32 Å².